The van der Waals surface area contributed by atoms with Crippen LogP contribution in [0.4, 0.5) is 9.59 Å². The standard InChI is InChI=1S/2C13H15NO4/c2*15-12(16)10-6-7-11(10)14-13(17)18-8-9-4-2-1-3-5-9/h2*1-5,10-11H,6-8H2,(H,14,17)(H,15,16)/t2*10-,11+/m10/s1. The fourth-order valence-electron chi connectivity index (χ4n) is 3.77. The van der Waals surface area contributed by atoms with Gasteiger partial charge in [-0.3, -0.25) is 9.59 Å². The van der Waals surface area contributed by atoms with Crippen LogP contribution in [0.2, 0.25) is 0 Å². The first-order chi connectivity index (χ1) is 17.3. The molecule has 0 radical (unpaired) electrons. The molecule has 192 valence electrons. The molecule has 0 heterocycles. The molecule has 10 nitrogen and oxygen atoms in total. The Morgan fingerprint density at radius 2 is 1.00 bits per heavy atom. The maximum atomic E-state index is 11.5. The number of hydrogen-bond acceptors (Lipinski definition) is 6. The minimum atomic E-state index is -0.866. The van der Waals surface area contributed by atoms with Crippen LogP contribution >= 0.6 is 0 Å². The lowest BCUT2D eigenvalue weighted by atomic mass is 9.80. The molecular weight excluding hydrogens is 468 g/mol. The van der Waals surface area contributed by atoms with E-state index in [4.69, 9.17) is 19.7 Å². The number of aliphatic carboxylic acids is 2. The van der Waals surface area contributed by atoms with Gasteiger partial charge in [0.2, 0.25) is 0 Å². The molecule has 2 saturated carbocycles. The Balaban J connectivity index is 0.000000201. The molecule has 4 atom stereocenters. The van der Waals surface area contributed by atoms with Crippen LogP contribution in [-0.2, 0) is 32.3 Å². The van der Waals surface area contributed by atoms with Crippen molar-refractivity contribution in [1.29, 1.82) is 0 Å². The van der Waals surface area contributed by atoms with Gasteiger partial charge in [0, 0.05) is 12.1 Å². The van der Waals surface area contributed by atoms with Crippen molar-refractivity contribution in [3.05, 3.63) is 71.8 Å². The van der Waals surface area contributed by atoms with E-state index in [1.54, 1.807) is 0 Å². The minimum Gasteiger partial charge on any atom is -0.481 e. The van der Waals surface area contributed by atoms with Crippen LogP contribution in [0, 0.1) is 11.8 Å². The minimum absolute atomic E-state index is 0.192. The van der Waals surface area contributed by atoms with Gasteiger partial charge < -0.3 is 30.3 Å². The second-order valence-corrected chi connectivity index (χ2v) is 8.67. The highest BCUT2D eigenvalue weighted by molar-refractivity contribution is 5.75. The molecule has 4 N–H and O–H groups in total. The van der Waals surface area contributed by atoms with Gasteiger partial charge in [-0.2, -0.15) is 0 Å². The molecular formula is C26H30N2O8. The van der Waals surface area contributed by atoms with E-state index in [9.17, 15) is 19.2 Å². The summed E-state index contributed by atoms with van der Waals surface area (Å²) in [4.78, 5) is 44.4. The van der Waals surface area contributed by atoms with Crippen molar-refractivity contribution in [3.8, 4) is 0 Å². The van der Waals surface area contributed by atoms with Crippen LogP contribution in [0.3, 0.4) is 0 Å². The maximum Gasteiger partial charge on any atom is 0.407 e. The molecule has 2 aromatic rings. The van der Waals surface area contributed by atoms with Crippen molar-refractivity contribution in [2.45, 2.75) is 51.0 Å². The number of benzene rings is 2. The lowest BCUT2D eigenvalue weighted by Crippen LogP contribution is -2.50. The lowest BCUT2D eigenvalue weighted by molar-refractivity contribution is -0.146. The number of hydrogen-bond donors (Lipinski definition) is 4. The highest BCUT2D eigenvalue weighted by Gasteiger charge is 2.38. The Morgan fingerprint density at radius 1 is 0.639 bits per heavy atom. The summed E-state index contributed by atoms with van der Waals surface area (Å²) in [5, 5.41) is 22.8. The van der Waals surface area contributed by atoms with Gasteiger partial charge in [0.15, 0.2) is 0 Å². The number of carbonyl (C=O) groups is 4. The first-order valence-electron chi connectivity index (χ1n) is 11.7. The van der Waals surface area contributed by atoms with E-state index in [0.29, 0.717) is 25.7 Å². The molecule has 0 bridgehead atoms. The summed E-state index contributed by atoms with van der Waals surface area (Å²) >= 11 is 0. The van der Waals surface area contributed by atoms with Crippen LogP contribution in [0.15, 0.2) is 60.7 Å². The van der Waals surface area contributed by atoms with Crippen molar-refractivity contribution >= 4 is 24.1 Å². The van der Waals surface area contributed by atoms with Gasteiger partial charge >= 0.3 is 24.1 Å². The molecule has 2 aliphatic rings. The van der Waals surface area contributed by atoms with E-state index in [1.807, 2.05) is 60.7 Å². The molecule has 2 amide bonds. The zero-order valence-corrected chi connectivity index (χ0v) is 19.7. The molecule has 4 rings (SSSR count). The topological polar surface area (TPSA) is 151 Å². The number of amides is 2. The zero-order valence-electron chi connectivity index (χ0n) is 19.7. The molecule has 2 fully saturated rings. The Labute approximate surface area is 208 Å². The fourth-order valence-corrected chi connectivity index (χ4v) is 3.77. The lowest BCUT2D eigenvalue weighted by Gasteiger charge is -2.33. The molecule has 0 unspecified atom stereocenters. The van der Waals surface area contributed by atoms with Gasteiger partial charge in [0.25, 0.3) is 0 Å². The number of carbonyl (C=O) groups excluding carboxylic acids is 2. The summed E-state index contributed by atoms with van der Waals surface area (Å²) in [7, 11) is 0. The highest BCUT2D eigenvalue weighted by Crippen LogP contribution is 2.28. The Morgan fingerprint density at radius 3 is 1.28 bits per heavy atom. The summed E-state index contributed by atoms with van der Waals surface area (Å²) in [6.45, 7) is 0.383. The van der Waals surface area contributed by atoms with Gasteiger partial charge in [0.05, 0.1) is 11.8 Å². The summed E-state index contributed by atoms with van der Waals surface area (Å²) in [6.07, 6.45) is 1.48. The molecule has 0 spiro atoms. The number of alkyl carbamates (subject to hydrolysis) is 2. The third-order valence-electron chi connectivity index (χ3n) is 6.22. The average Bonchev–Trinajstić information content (AvgIpc) is 2.83. The van der Waals surface area contributed by atoms with E-state index in [1.165, 1.54) is 0 Å². The Hall–Kier alpha value is -4.08. The first-order valence-corrected chi connectivity index (χ1v) is 11.7. The maximum absolute atomic E-state index is 11.5. The van der Waals surface area contributed by atoms with Crippen LogP contribution in [0.25, 0.3) is 0 Å². The number of carboxylic acids is 2. The van der Waals surface area contributed by atoms with Crippen molar-refractivity contribution in [3.63, 3.8) is 0 Å². The van der Waals surface area contributed by atoms with Gasteiger partial charge in [-0.05, 0) is 36.8 Å². The number of ether oxygens (including phenoxy) is 2. The van der Waals surface area contributed by atoms with Crippen molar-refractivity contribution in [2.75, 3.05) is 0 Å². The highest BCUT2D eigenvalue weighted by atomic mass is 16.6. The van der Waals surface area contributed by atoms with E-state index in [2.05, 4.69) is 10.6 Å². The molecule has 36 heavy (non-hydrogen) atoms. The van der Waals surface area contributed by atoms with E-state index in [0.717, 1.165) is 11.1 Å². The molecule has 10 heteroatoms. The predicted molar refractivity (Wildman–Crippen MR) is 128 cm³/mol. The fraction of sp³-hybridized carbons (Fsp3) is 0.385. The molecule has 0 aliphatic heterocycles. The summed E-state index contributed by atoms with van der Waals surface area (Å²) in [5.41, 5.74) is 1.80. The van der Waals surface area contributed by atoms with E-state index < -0.39 is 36.0 Å². The quantitative estimate of drug-likeness (QED) is 0.431. The second-order valence-electron chi connectivity index (χ2n) is 8.67. The van der Waals surface area contributed by atoms with Crippen molar-refractivity contribution < 1.29 is 38.9 Å². The summed E-state index contributed by atoms with van der Waals surface area (Å²) in [5.74, 6) is -2.69. The number of rotatable bonds is 8. The van der Waals surface area contributed by atoms with Gasteiger partial charge in [-0.1, -0.05) is 60.7 Å². The third-order valence-corrected chi connectivity index (χ3v) is 6.22. The summed E-state index contributed by atoms with van der Waals surface area (Å²) < 4.78 is 10.0. The van der Waals surface area contributed by atoms with Gasteiger partial charge in [-0.25, -0.2) is 9.59 Å². The number of carboxylic acid groups (broad SMARTS) is 2. The smallest absolute Gasteiger partial charge is 0.407 e. The normalized spacial score (nSPS) is 21.8. The summed E-state index contributed by atoms with van der Waals surface area (Å²) in [6, 6.07) is 18.1. The van der Waals surface area contributed by atoms with E-state index >= 15 is 0 Å². The largest absolute Gasteiger partial charge is 0.481 e. The molecule has 2 aliphatic carbocycles. The first kappa shape index (κ1) is 26.5. The molecule has 0 saturated heterocycles. The third kappa shape index (κ3) is 8.00. The van der Waals surface area contributed by atoms with Crippen molar-refractivity contribution in [1.82, 2.24) is 10.6 Å². The van der Waals surface area contributed by atoms with Crippen LogP contribution in [0.1, 0.15) is 36.8 Å². The van der Waals surface area contributed by atoms with Crippen LogP contribution in [-0.4, -0.2) is 46.4 Å². The molecule has 0 aromatic heterocycles. The van der Waals surface area contributed by atoms with E-state index in [-0.39, 0.29) is 25.3 Å². The second kappa shape index (κ2) is 13.1. The Bertz CT molecular complexity index is 947. The number of nitrogens with one attached hydrogen (secondary N) is 2. The van der Waals surface area contributed by atoms with Crippen LogP contribution < -0.4 is 10.6 Å². The van der Waals surface area contributed by atoms with Gasteiger partial charge in [0.1, 0.15) is 13.2 Å². The van der Waals surface area contributed by atoms with Gasteiger partial charge in [-0.15, -0.1) is 0 Å². The van der Waals surface area contributed by atoms with Crippen molar-refractivity contribution in [2.24, 2.45) is 11.8 Å². The SMILES string of the molecule is O=C(N[C@@H]1CC[C@@H]1C(=O)O)OCc1ccccc1.O=C(N[C@H]1CC[C@H]1C(=O)O)OCc1ccccc1. The monoisotopic (exact) mass is 498 g/mol. The predicted octanol–water partition coefficient (Wildman–Crippen LogP) is 3.55. The average molecular weight is 499 g/mol. The van der Waals surface area contributed by atoms with Crippen LogP contribution in [0.5, 0.6) is 0 Å². The molecule has 2 aromatic carbocycles. The Kier molecular flexibility index (Phi) is 9.67. The zero-order chi connectivity index (χ0) is 25.9.